The minimum atomic E-state index is 0. The maximum atomic E-state index is 5.15. The maximum absolute atomic E-state index is 5.15. The lowest BCUT2D eigenvalue weighted by Crippen LogP contribution is -2.10. The van der Waals surface area contributed by atoms with Gasteiger partial charge < -0.3 is 10.1 Å². The molecule has 12 heavy (non-hydrogen) atoms. The molecule has 0 spiro atoms. The molecule has 0 aromatic carbocycles. The summed E-state index contributed by atoms with van der Waals surface area (Å²) in [6, 6.07) is 2.00. The largest absolute Gasteiger partial charge is 0.496 e. The molecule has 1 aromatic heterocycles. The van der Waals surface area contributed by atoms with Crippen LogP contribution in [0.1, 0.15) is 11.8 Å². The Hall–Kier alpha value is -0.250. The van der Waals surface area contributed by atoms with E-state index in [2.05, 4.69) is 12.2 Å². The number of thiophene rings is 1. The van der Waals surface area contributed by atoms with Gasteiger partial charge in [-0.25, -0.2) is 0 Å². The van der Waals surface area contributed by atoms with Crippen LogP contribution in [-0.2, 0) is 6.54 Å². The zero-order chi connectivity index (χ0) is 8.10. The molecule has 1 heterocycles. The Bertz CT molecular complexity index is 215. The van der Waals surface area contributed by atoms with E-state index in [0.29, 0.717) is 0 Å². The van der Waals surface area contributed by atoms with E-state index in [1.807, 2.05) is 11.4 Å². The van der Waals surface area contributed by atoms with E-state index in [-0.39, 0.29) is 12.4 Å². The number of rotatable bonds is 4. The molecule has 2 nitrogen and oxygen atoms in total. The van der Waals surface area contributed by atoms with Crippen molar-refractivity contribution in [1.29, 1.82) is 0 Å². The molecule has 1 N–H and O–H groups in total. The Morgan fingerprint density at radius 3 is 2.92 bits per heavy atom. The van der Waals surface area contributed by atoms with E-state index >= 15 is 0 Å². The Labute approximate surface area is 83.3 Å². The first-order chi connectivity index (χ1) is 5.38. The fraction of sp³-hybridized carbons (Fsp3) is 0.500. The standard InChI is InChI=1S/C8H13NOS.ClH/c1-3-9-6-8-7(10-2)4-5-11-8;/h4-5,9H,3,6H2,1-2H3;1H. The zero-order valence-electron chi connectivity index (χ0n) is 7.29. The van der Waals surface area contributed by atoms with Crippen molar-refractivity contribution in [3.8, 4) is 5.75 Å². The highest BCUT2D eigenvalue weighted by atomic mass is 35.5. The van der Waals surface area contributed by atoms with E-state index in [4.69, 9.17) is 4.74 Å². The van der Waals surface area contributed by atoms with Crippen molar-refractivity contribution >= 4 is 23.7 Å². The monoisotopic (exact) mass is 207 g/mol. The summed E-state index contributed by atoms with van der Waals surface area (Å²) >= 11 is 1.73. The quantitative estimate of drug-likeness (QED) is 0.818. The molecule has 0 aliphatic carbocycles. The summed E-state index contributed by atoms with van der Waals surface area (Å²) in [6.07, 6.45) is 0. The highest BCUT2D eigenvalue weighted by Crippen LogP contribution is 2.23. The second kappa shape index (κ2) is 6.29. The van der Waals surface area contributed by atoms with E-state index in [9.17, 15) is 0 Å². The predicted octanol–water partition coefficient (Wildman–Crippen LogP) is 2.29. The van der Waals surface area contributed by atoms with Gasteiger partial charge in [-0.1, -0.05) is 6.92 Å². The molecule has 0 atom stereocenters. The number of halogens is 1. The fourth-order valence-electron chi connectivity index (χ4n) is 0.878. The Kier molecular flexibility index (Phi) is 6.16. The van der Waals surface area contributed by atoms with Crippen LogP contribution in [0, 0.1) is 0 Å². The summed E-state index contributed by atoms with van der Waals surface area (Å²) in [6.45, 7) is 4.01. The van der Waals surface area contributed by atoms with Crippen molar-refractivity contribution in [3.05, 3.63) is 16.3 Å². The van der Waals surface area contributed by atoms with E-state index in [1.165, 1.54) is 4.88 Å². The number of ether oxygens (including phenoxy) is 1. The van der Waals surface area contributed by atoms with Crippen LogP contribution in [0.4, 0.5) is 0 Å². The zero-order valence-corrected chi connectivity index (χ0v) is 8.93. The molecule has 4 heteroatoms. The fourth-order valence-corrected chi connectivity index (χ4v) is 1.69. The van der Waals surface area contributed by atoms with Crippen LogP contribution < -0.4 is 10.1 Å². The summed E-state index contributed by atoms with van der Waals surface area (Å²) in [4.78, 5) is 1.27. The first-order valence-corrected chi connectivity index (χ1v) is 4.57. The van der Waals surface area contributed by atoms with Crippen molar-refractivity contribution < 1.29 is 4.74 Å². The topological polar surface area (TPSA) is 21.3 Å². The molecule has 0 saturated heterocycles. The number of methoxy groups -OCH3 is 1. The second-order valence-corrected chi connectivity index (χ2v) is 3.19. The van der Waals surface area contributed by atoms with Gasteiger partial charge in [0.1, 0.15) is 5.75 Å². The molecular weight excluding hydrogens is 194 g/mol. The molecule has 0 aliphatic heterocycles. The van der Waals surface area contributed by atoms with Gasteiger partial charge in [0.15, 0.2) is 0 Å². The molecule has 70 valence electrons. The molecule has 1 aromatic rings. The van der Waals surface area contributed by atoms with Crippen LogP contribution >= 0.6 is 23.7 Å². The first kappa shape index (κ1) is 11.8. The van der Waals surface area contributed by atoms with Crippen LogP contribution in [0.25, 0.3) is 0 Å². The van der Waals surface area contributed by atoms with Crippen molar-refractivity contribution in [2.24, 2.45) is 0 Å². The predicted molar refractivity (Wildman–Crippen MR) is 55.5 cm³/mol. The smallest absolute Gasteiger partial charge is 0.134 e. The summed E-state index contributed by atoms with van der Waals surface area (Å²) in [7, 11) is 1.71. The van der Waals surface area contributed by atoms with Gasteiger partial charge in [0.2, 0.25) is 0 Å². The lowest BCUT2D eigenvalue weighted by atomic mass is 10.4. The normalized spacial score (nSPS) is 9.17. The van der Waals surface area contributed by atoms with Crippen molar-refractivity contribution in [3.63, 3.8) is 0 Å². The second-order valence-electron chi connectivity index (χ2n) is 2.19. The average molecular weight is 208 g/mol. The van der Waals surface area contributed by atoms with Crippen LogP contribution in [0.5, 0.6) is 5.75 Å². The van der Waals surface area contributed by atoms with Crippen LogP contribution in [0.15, 0.2) is 11.4 Å². The molecule has 0 amide bonds. The first-order valence-electron chi connectivity index (χ1n) is 3.69. The molecule has 0 fully saturated rings. The summed E-state index contributed by atoms with van der Waals surface area (Å²) in [5.74, 6) is 0.996. The molecule has 0 bridgehead atoms. The Morgan fingerprint density at radius 2 is 2.33 bits per heavy atom. The van der Waals surface area contributed by atoms with Gasteiger partial charge in [0, 0.05) is 6.54 Å². The minimum Gasteiger partial charge on any atom is -0.496 e. The minimum absolute atomic E-state index is 0. The van der Waals surface area contributed by atoms with Gasteiger partial charge in [-0.05, 0) is 18.0 Å². The third-order valence-corrected chi connectivity index (χ3v) is 2.36. The third-order valence-electron chi connectivity index (χ3n) is 1.46. The number of hydrogen-bond acceptors (Lipinski definition) is 3. The van der Waals surface area contributed by atoms with Gasteiger partial charge >= 0.3 is 0 Å². The van der Waals surface area contributed by atoms with Gasteiger partial charge in [0.25, 0.3) is 0 Å². The SMILES string of the molecule is CCNCc1sccc1OC.Cl. The summed E-state index contributed by atoms with van der Waals surface area (Å²) in [5, 5.41) is 5.30. The Balaban J connectivity index is 0.00000121. The van der Waals surface area contributed by atoms with Crippen molar-refractivity contribution in [2.45, 2.75) is 13.5 Å². The van der Waals surface area contributed by atoms with E-state index in [1.54, 1.807) is 18.4 Å². The lowest BCUT2D eigenvalue weighted by Gasteiger charge is -2.01. The molecule has 0 radical (unpaired) electrons. The van der Waals surface area contributed by atoms with Crippen molar-refractivity contribution in [2.75, 3.05) is 13.7 Å². The van der Waals surface area contributed by atoms with Gasteiger partial charge in [-0.15, -0.1) is 23.7 Å². The van der Waals surface area contributed by atoms with Gasteiger partial charge in [-0.2, -0.15) is 0 Å². The third kappa shape index (κ3) is 3.01. The van der Waals surface area contributed by atoms with E-state index < -0.39 is 0 Å². The van der Waals surface area contributed by atoms with Gasteiger partial charge in [0.05, 0.1) is 12.0 Å². The Morgan fingerprint density at radius 1 is 1.58 bits per heavy atom. The summed E-state index contributed by atoms with van der Waals surface area (Å²) < 4.78 is 5.15. The maximum Gasteiger partial charge on any atom is 0.134 e. The van der Waals surface area contributed by atoms with E-state index in [0.717, 1.165) is 18.8 Å². The lowest BCUT2D eigenvalue weighted by molar-refractivity contribution is 0.411. The summed E-state index contributed by atoms with van der Waals surface area (Å²) in [5.41, 5.74) is 0. The average Bonchev–Trinajstić information content (AvgIpc) is 2.47. The number of hydrogen-bond donors (Lipinski definition) is 1. The molecule has 0 unspecified atom stereocenters. The molecule has 1 rings (SSSR count). The molecule has 0 saturated carbocycles. The molecular formula is C8H14ClNOS. The molecule has 0 aliphatic rings. The van der Waals surface area contributed by atoms with Crippen molar-refractivity contribution in [1.82, 2.24) is 5.32 Å². The number of nitrogens with one attached hydrogen (secondary N) is 1. The van der Waals surface area contributed by atoms with Crippen LogP contribution in [0.3, 0.4) is 0 Å². The van der Waals surface area contributed by atoms with Crippen LogP contribution in [-0.4, -0.2) is 13.7 Å². The van der Waals surface area contributed by atoms with Gasteiger partial charge in [-0.3, -0.25) is 0 Å². The highest BCUT2D eigenvalue weighted by Gasteiger charge is 2.01. The van der Waals surface area contributed by atoms with Crippen LogP contribution in [0.2, 0.25) is 0 Å². The highest BCUT2D eigenvalue weighted by molar-refractivity contribution is 7.10.